The van der Waals surface area contributed by atoms with Crippen molar-refractivity contribution in [2.24, 2.45) is 0 Å². The van der Waals surface area contributed by atoms with Gasteiger partial charge in [0.2, 0.25) is 0 Å². The number of fused-ring (bicyclic) bond motifs is 1. The van der Waals surface area contributed by atoms with Crippen molar-refractivity contribution in [1.82, 2.24) is 9.88 Å². The summed E-state index contributed by atoms with van der Waals surface area (Å²) in [7, 11) is 1.34. The summed E-state index contributed by atoms with van der Waals surface area (Å²) >= 11 is 2.71. The second-order valence-electron chi connectivity index (χ2n) is 6.76. The van der Waals surface area contributed by atoms with Crippen molar-refractivity contribution in [3.8, 4) is 0 Å². The van der Waals surface area contributed by atoms with Gasteiger partial charge in [-0.25, -0.2) is 9.78 Å². The van der Waals surface area contributed by atoms with Crippen LogP contribution in [0.25, 0.3) is 10.2 Å². The second kappa shape index (κ2) is 8.38. The molecule has 8 heteroatoms. The first-order valence-electron chi connectivity index (χ1n) is 9.22. The molecule has 0 saturated carbocycles. The molecule has 1 N–H and O–H groups in total. The maximum atomic E-state index is 12.5. The average molecular weight is 416 g/mol. The van der Waals surface area contributed by atoms with Crippen LogP contribution in [0.3, 0.4) is 0 Å². The lowest BCUT2D eigenvalue weighted by Crippen LogP contribution is -2.29. The first-order chi connectivity index (χ1) is 13.7. The Kier molecular flexibility index (Phi) is 5.70. The molecule has 0 atom stereocenters. The van der Waals surface area contributed by atoms with E-state index >= 15 is 0 Å². The predicted molar refractivity (Wildman–Crippen MR) is 112 cm³/mol. The standard InChI is InChI=1S/C20H21N3O3S2/c1-26-20(25)17-16(22-18(24)13-7-10-27-12-13)15-6-5-14(21-19(15)28-17)11-23-8-3-2-4-9-23/h5-7,10,12H,2-4,8-9,11H2,1H3,(H,22,24). The van der Waals surface area contributed by atoms with Gasteiger partial charge < -0.3 is 10.1 Å². The van der Waals surface area contributed by atoms with Crippen LogP contribution in [-0.4, -0.2) is 42.0 Å². The number of nitrogens with one attached hydrogen (secondary N) is 1. The molecular weight excluding hydrogens is 394 g/mol. The molecule has 4 rings (SSSR count). The first-order valence-corrected chi connectivity index (χ1v) is 11.0. The summed E-state index contributed by atoms with van der Waals surface area (Å²) in [5.74, 6) is -0.718. The number of nitrogens with zero attached hydrogens (tertiary/aromatic N) is 2. The Balaban J connectivity index is 1.66. The molecule has 28 heavy (non-hydrogen) atoms. The number of hydrogen-bond acceptors (Lipinski definition) is 7. The van der Waals surface area contributed by atoms with Gasteiger partial charge >= 0.3 is 5.97 Å². The van der Waals surface area contributed by atoms with Crippen molar-refractivity contribution in [2.45, 2.75) is 25.8 Å². The molecule has 1 saturated heterocycles. The zero-order chi connectivity index (χ0) is 19.5. The highest BCUT2D eigenvalue weighted by Crippen LogP contribution is 2.36. The largest absolute Gasteiger partial charge is 0.465 e. The molecule has 3 aromatic rings. The van der Waals surface area contributed by atoms with E-state index in [1.54, 1.807) is 11.4 Å². The number of aromatic nitrogens is 1. The summed E-state index contributed by atoms with van der Waals surface area (Å²) in [5.41, 5.74) is 2.01. The van der Waals surface area contributed by atoms with Crippen LogP contribution < -0.4 is 5.32 Å². The van der Waals surface area contributed by atoms with Crippen LogP contribution in [0.15, 0.2) is 29.0 Å². The third-order valence-corrected chi connectivity index (χ3v) is 6.60. The van der Waals surface area contributed by atoms with Gasteiger partial charge in [0.1, 0.15) is 9.71 Å². The Bertz CT molecular complexity index is 992. The van der Waals surface area contributed by atoms with Crippen LogP contribution in [0.5, 0.6) is 0 Å². The number of hydrogen-bond donors (Lipinski definition) is 1. The molecule has 1 aliphatic heterocycles. The van der Waals surface area contributed by atoms with Crippen molar-refractivity contribution < 1.29 is 14.3 Å². The molecule has 0 unspecified atom stereocenters. The molecule has 0 spiro atoms. The van der Waals surface area contributed by atoms with E-state index in [4.69, 9.17) is 9.72 Å². The topological polar surface area (TPSA) is 71.5 Å². The zero-order valence-electron chi connectivity index (χ0n) is 15.6. The van der Waals surface area contributed by atoms with Crippen molar-refractivity contribution in [3.05, 3.63) is 45.1 Å². The number of carbonyl (C=O) groups excluding carboxylic acids is 2. The molecular formula is C20H21N3O3S2. The molecule has 0 aromatic carbocycles. The molecule has 0 radical (unpaired) electrons. The van der Waals surface area contributed by atoms with E-state index in [0.29, 0.717) is 16.1 Å². The van der Waals surface area contributed by atoms with Gasteiger partial charge in [-0.15, -0.1) is 11.3 Å². The molecule has 146 valence electrons. The number of likely N-dealkylation sites (tertiary alicyclic amines) is 1. The molecule has 0 bridgehead atoms. The summed E-state index contributed by atoms with van der Waals surface area (Å²) in [6.07, 6.45) is 3.75. The average Bonchev–Trinajstić information content (AvgIpc) is 3.37. The van der Waals surface area contributed by atoms with Gasteiger partial charge in [0.05, 0.1) is 24.1 Å². The number of anilines is 1. The van der Waals surface area contributed by atoms with E-state index in [2.05, 4.69) is 10.2 Å². The normalized spacial score (nSPS) is 14.9. The molecule has 6 nitrogen and oxygen atoms in total. The van der Waals surface area contributed by atoms with E-state index in [1.165, 1.54) is 49.0 Å². The second-order valence-corrected chi connectivity index (χ2v) is 8.54. The van der Waals surface area contributed by atoms with E-state index in [1.807, 2.05) is 17.5 Å². The predicted octanol–water partition coefficient (Wildman–Crippen LogP) is 4.38. The monoisotopic (exact) mass is 415 g/mol. The highest BCUT2D eigenvalue weighted by molar-refractivity contribution is 7.21. The Morgan fingerprint density at radius 1 is 1.21 bits per heavy atom. The van der Waals surface area contributed by atoms with E-state index in [9.17, 15) is 9.59 Å². The van der Waals surface area contributed by atoms with Gasteiger partial charge in [0.25, 0.3) is 5.91 Å². The van der Waals surface area contributed by atoms with Gasteiger partial charge in [-0.2, -0.15) is 11.3 Å². The fourth-order valence-corrected chi connectivity index (χ4v) is 5.09. The van der Waals surface area contributed by atoms with Crippen LogP contribution in [0.2, 0.25) is 0 Å². The highest BCUT2D eigenvalue weighted by atomic mass is 32.1. The lowest BCUT2D eigenvalue weighted by atomic mass is 10.1. The number of ether oxygens (including phenoxy) is 1. The lowest BCUT2D eigenvalue weighted by molar-refractivity contribution is 0.0607. The van der Waals surface area contributed by atoms with Crippen molar-refractivity contribution >= 4 is 50.5 Å². The summed E-state index contributed by atoms with van der Waals surface area (Å²) in [5, 5.41) is 7.26. The maximum Gasteiger partial charge on any atom is 0.350 e. The van der Waals surface area contributed by atoms with Gasteiger partial charge in [-0.1, -0.05) is 6.42 Å². The Morgan fingerprint density at radius 2 is 2.04 bits per heavy atom. The maximum absolute atomic E-state index is 12.5. The number of amides is 1. The fourth-order valence-electron chi connectivity index (χ4n) is 3.39. The van der Waals surface area contributed by atoms with Crippen LogP contribution in [0.4, 0.5) is 5.69 Å². The Hall–Kier alpha value is -2.29. The molecule has 1 fully saturated rings. The lowest BCUT2D eigenvalue weighted by Gasteiger charge is -2.25. The first kappa shape index (κ1) is 19.0. The molecule has 3 aromatic heterocycles. The van der Waals surface area contributed by atoms with Crippen molar-refractivity contribution in [2.75, 3.05) is 25.5 Å². The number of rotatable bonds is 5. The molecule has 1 aliphatic rings. The number of piperidine rings is 1. The van der Waals surface area contributed by atoms with Gasteiger partial charge in [-0.3, -0.25) is 9.69 Å². The van der Waals surface area contributed by atoms with Crippen molar-refractivity contribution in [3.63, 3.8) is 0 Å². The summed E-state index contributed by atoms with van der Waals surface area (Å²) in [6, 6.07) is 5.67. The SMILES string of the molecule is COC(=O)c1sc2nc(CN3CCCCC3)ccc2c1NC(=O)c1ccsc1. The Labute approximate surface area is 171 Å². The van der Waals surface area contributed by atoms with Crippen LogP contribution in [0.1, 0.15) is 45.0 Å². The highest BCUT2D eigenvalue weighted by Gasteiger charge is 2.23. The number of methoxy groups -OCH3 is 1. The van der Waals surface area contributed by atoms with Gasteiger partial charge in [0, 0.05) is 17.3 Å². The molecule has 0 aliphatic carbocycles. The van der Waals surface area contributed by atoms with Gasteiger partial charge in [0.15, 0.2) is 0 Å². The number of carbonyl (C=O) groups is 2. The van der Waals surface area contributed by atoms with E-state index in [0.717, 1.165) is 35.5 Å². The van der Waals surface area contributed by atoms with Gasteiger partial charge in [-0.05, 0) is 49.5 Å². The van der Waals surface area contributed by atoms with Crippen LogP contribution in [-0.2, 0) is 11.3 Å². The summed E-state index contributed by atoms with van der Waals surface area (Å²) in [6.45, 7) is 3.00. The fraction of sp³-hybridized carbons (Fsp3) is 0.350. The quantitative estimate of drug-likeness (QED) is 0.626. The number of pyridine rings is 1. The Morgan fingerprint density at radius 3 is 2.75 bits per heavy atom. The minimum Gasteiger partial charge on any atom is -0.465 e. The third-order valence-electron chi connectivity index (χ3n) is 4.84. The summed E-state index contributed by atoms with van der Waals surface area (Å²) < 4.78 is 4.92. The van der Waals surface area contributed by atoms with Crippen molar-refractivity contribution in [1.29, 1.82) is 0 Å². The number of thiophene rings is 2. The van der Waals surface area contributed by atoms with E-state index in [-0.39, 0.29) is 5.91 Å². The number of esters is 1. The van der Waals surface area contributed by atoms with E-state index < -0.39 is 5.97 Å². The van der Waals surface area contributed by atoms with Crippen LogP contribution in [0, 0.1) is 0 Å². The van der Waals surface area contributed by atoms with Crippen LogP contribution >= 0.6 is 22.7 Å². The summed E-state index contributed by atoms with van der Waals surface area (Å²) in [4.78, 5) is 33.1. The smallest absolute Gasteiger partial charge is 0.350 e. The minimum atomic E-state index is -0.471. The zero-order valence-corrected chi connectivity index (χ0v) is 17.2. The molecule has 4 heterocycles. The third kappa shape index (κ3) is 3.94. The minimum absolute atomic E-state index is 0.247. The molecule has 1 amide bonds.